The first-order chi connectivity index (χ1) is 10.4. The highest BCUT2D eigenvalue weighted by Gasteiger charge is 2.22. The molecule has 0 amide bonds. The average molecular weight is 329 g/mol. The lowest BCUT2D eigenvalue weighted by atomic mass is 10.1. The third-order valence-corrected chi connectivity index (χ3v) is 4.73. The molecule has 0 heterocycles. The molecule has 0 aromatic heterocycles. The molecule has 0 saturated carbocycles. The number of unbranched alkanes of at least 4 members (excludes halogenated alkanes) is 2. The maximum Gasteiger partial charge on any atom is 0.321 e. The molecule has 22 heavy (non-hydrogen) atoms. The van der Waals surface area contributed by atoms with Crippen LogP contribution in [0.5, 0.6) is 0 Å². The number of sulfonamides is 1. The summed E-state index contributed by atoms with van der Waals surface area (Å²) in [5.41, 5.74) is 1.22. The lowest BCUT2D eigenvalue weighted by Crippen LogP contribution is -2.42. The first-order valence-corrected chi connectivity index (χ1v) is 8.97. The average Bonchev–Trinajstić information content (AvgIpc) is 2.47. The van der Waals surface area contributed by atoms with Crippen molar-refractivity contribution in [2.45, 2.75) is 38.1 Å². The molecule has 0 aliphatic rings. The van der Waals surface area contributed by atoms with Crippen molar-refractivity contribution in [2.75, 3.05) is 12.4 Å². The molecule has 124 valence electrons. The van der Waals surface area contributed by atoms with Crippen LogP contribution < -0.4 is 4.72 Å². The lowest BCUT2D eigenvalue weighted by Gasteiger charge is -2.13. The molecule has 7 heteroatoms. The van der Waals surface area contributed by atoms with Crippen molar-refractivity contribution in [3.8, 4) is 0 Å². The van der Waals surface area contributed by atoms with Gasteiger partial charge < -0.3 is 10.2 Å². The minimum absolute atomic E-state index is 0.100. The topological polar surface area (TPSA) is 104 Å². The Hall–Kier alpha value is -1.44. The van der Waals surface area contributed by atoms with E-state index in [0.29, 0.717) is 6.42 Å². The van der Waals surface area contributed by atoms with Gasteiger partial charge in [-0.3, -0.25) is 4.79 Å². The summed E-state index contributed by atoms with van der Waals surface area (Å²) < 4.78 is 25.7. The molecule has 1 atom stereocenters. The van der Waals surface area contributed by atoms with Gasteiger partial charge in [-0.05, 0) is 31.2 Å². The third kappa shape index (κ3) is 7.53. The Morgan fingerprint density at radius 2 is 1.82 bits per heavy atom. The van der Waals surface area contributed by atoms with Gasteiger partial charge in [0.15, 0.2) is 0 Å². The van der Waals surface area contributed by atoms with E-state index in [9.17, 15) is 13.2 Å². The predicted octanol–water partition coefficient (Wildman–Crippen LogP) is 1.15. The first kappa shape index (κ1) is 18.6. The highest BCUT2D eigenvalue weighted by molar-refractivity contribution is 7.89. The quantitative estimate of drug-likeness (QED) is 0.528. The monoisotopic (exact) mass is 329 g/mol. The van der Waals surface area contributed by atoms with E-state index in [0.717, 1.165) is 19.3 Å². The van der Waals surface area contributed by atoms with Crippen molar-refractivity contribution in [3.63, 3.8) is 0 Å². The van der Waals surface area contributed by atoms with Crippen LogP contribution in [0.1, 0.15) is 31.2 Å². The number of aryl methyl sites for hydroxylation is 1. The summed E-state index contributed by atoms with van der Waals surface area (Å²) in [6.45, 7) is -0.378. The second-order valence-electron chi connectivity index (χ2n) is 5.14. The molecule has 1 rings (SSSR count). The summed E-state index contributed by atoms with van der Waals surface area (Å²) in [5, 5.41) is 17.6. The van der Waals surface area contributed by atoms with Crippen LogP contribution in [-0.4, -0.2) is 43.0 Å². The molecule has 0 spiro atoms. The molecule has 1 aromatic rings. The predicted molar refractivity (Wildman–Crippen MR) is 84.0 cm³/mol. The Labute approximate surface area is 131 Å². The maximum absolute atomic E-state index is 11.8. The Bertz CT molecular complexity index is 544. The van der Waals surface area contributed by atoms with Crippen LogP contribution in [0, 0.1) is 0 Å². The molecule has 0 radical (unpaired) electrons. The number of nitrogens with one attached hydrogen (secondary N) is 1. The highest BCUT2D eigenvalue weighted by Crippen LogP contribution is 2.07. The van der Waals surface area contributed by atoms with Crippen molar-refractivity contribution in [1.82, 2.24) is 4.72 Å². The van der Waals surface area contributed by atoms with Crippen LogP contribution >= 0.6 is 0 Å². The molecular formula is C15H23NO5S. The Kier molecular flexibility index (Phi) is 8.08. The van der Waals surface area contributed by atoms with E-state index in [1.165, 1.54) is 5.56 Å². The van der Waals surface area contributed by atoms with Gasteiger partial charge in [-0.25, -0.2) is 13.1 Å². The number of benzene rings is 1. The Balaban J connectivity index is 2.28. The van der Waals surface area contributed by atoms with E-state index in [2.05, 4.69) is 4.72 Å². The summed E-state index contributed by atoms with van der Waals surface area (Å²) in [6.07, 6.45) is 2.89. The summed E-state index contributed by atoms with van der Waals surface area (Å²) in [7, 11) is -3.64. The fourth-order valence-corrected chi connectivity index (χ4v) is 3.43. The fourth-order valence-electron chi connectivity index (χ4n) is 2.08. The van der Waals surface area contributed by atoms with Crippen molar-refractivity contribution < 1.29 is 23.4 Å². The van der Waals surface area contributed by atoms with Gasteiger partial charge in [-0.2, -0.15) is 0 Å². The van der Waals surface area contributed by atoms with Crippen molar-refractivity contribution in [2.24, 2.45) is 0 Å². The Morgan fingerprint density at radius 1 is 1.14 bits per heavy atom. The van der Waals surface area contributed by atoms with Gasteiger partial charge in [0.25, 0.3) is 0 Å². The van der Waals surface area contributed by atoms with Gasteiger partial charge in [-0.1, -0.05) is 36.8 Å². The van der Waals surface area contributed by atoms with Crippen LogP contribution in [0.2, 0.25) is 0 Å². The van der Waals surface area contributed by atoms with E-state index in [1.54, 1.807) is 0 Å². The molecule has 0 fully saturated rings. The molecule has 6 nitrogen and oxygen atoms in total. The van der Waals surface area contributed by atoms with Gasteiger partial charge >= 0.3 is 5.97 Å². The van der Waals surface area contributed by atoms with Gasteiger partial charge in [0.1, 0.15) is 6.04 Å². The van der Waals surface area contributed by atoms with E-state index >= 15 is 0 Å². The third-order valence-electron chi connectivity index (χ3n) is 3.26. The zero-order valence-corrected chi connectivity index (χ0v) is 13.3. The number of carbonyl (C=O) groups is 1. The lowest BCUT2D eigenvalue weighted by molar-refractivity contribution is -0.139. The number of hydrogen-bond acceptors (Lipinski definition) is 4. The zero-order valence-electron chi connectivity index (χ0n) is 12.4. The van der Waals surface area contributed by atoms with E-state index < -0.39 is 22.0 Å². The zero-order chi connectivity index (χ0) is 16.4. The SMILES string of the molecule is O=C(O)[C@H](CCO)NS(=O)(=O)CCCCCc1ccccc1. The molecule has 0 saturated heterocycles. The van der Waals surface area contributed by atoms with Crippen molar-refractivity contribution >= 4 is 16.0 Å². The molecule has 0 unspecified atom stereocenters. The van der Waals surface area contributed by atoms with Crippen molar-refractivity contribution in [3.05, 3.63) is 35.9 Å². The summed E-state index contributed by atoms with van der Waals surface area (Å²) in [4.78, 5) is 10.9. The van der Waals surface area contributed by atoms with E-state index in [1.807, 2.05) is 30.3 Å². The molecule has 3 N–H and O–H groups in total. The first-order valence-electron chi connectivity index (χ1n) is 7.32. The maximum atomic E-state index is 11.8. The summed E-state index contributed by atoms with van der Waals surface area (Å²) in [5.74, 6) is -1.38. The number of carboxylic acids is 1. The smallest absolute Gasteiger partial charge is 0.321 e. The van der Waals surface area contributed by atoms with Gasteiger partial charge in [0.2, 0.25) is 10.0 Å². The minimum Gasteiger partial charge on any atom is -0.480 e. The second-order valence-corrected chi connectivity index (χ2v) is 7.01. The van der Waals surface area contributed by atoms with Gasteiger partial charge in [0, 0.05) is 6.61 Å². The van der Waals surface area contributed by atoms with Gasteiger partial charge in [0.05, 0.1) is 5.75 Å². The number of carboxylic acid groups (broad SMARTS) is 1. The van der Waals surface area contributed by atoms with Crippen LogP contribution in [0.3, 0.4) is 0 Å². The van der Waals surface area contributed by atoms with E-state index in [4.69, 9.17) is 10.2 Å². The highest BCUT2D eigenvalue weighted by atomic mass is 32.2. The van der Waals surface area contributed by atoms with Crippen LogP contribution in [-0.2, 0) is 21.2 Å². The standard InChI is InChI=1S/C15H23NO5S/c17-11-10-14(15(18)19)16-22(20,21)12-6-2-5-9-13-7-3-1-4-8-13/h1,3-4,7-8,14,16-17H,2,5-6,9-12H2,(H,18,19)/t14-/m0/s1. The van der Waals surface area contributed by atoms with Gasteiger partial charge in [-0.15, -0.1) is 0 Å². The largest absolute Gasteiger partial charge is 0.480 e. The molecule has 1 aromatic carbocycles. The summed E-state index contributed by atoms with van der Waals surface area (Å²) >= 11 is 0. The minimum atomic E-state index is -3.64. The number of aliphatic carboxylic acids is 1. The fraction of sp³-hybridized carbons (Fsp3) is 0.533. The molecule has 0 aliphatic carbocycles. The normalized spacial score (nSPS) is 13.0. The van der Waals surface area contributed by atoms with Crippen LogP contribution in [0.25, 0.3) is 0 Å². The van der Waals surface area contributed by atoms with Crippen LogP contribution in [0.4, 0.5) is 0 Å². The molecular weight excluding hydrogens is 306 g/mol. The van der Waals surface area contributed by atoms with Crippen LogP contribution in [0.15, 0.2) is 30.3 Å². The number of aliphatic hydroxyl groups is 1. The van der Waals surface area contributed by atoms with Crippen molar-refractivity contribution in [1.29, 1.82) is 0 Å². The number of aliphatic hydroxyl groups excluding tert-OH is 1. The molecule has 0 aliphatic heterocycles. The van der Waals surface area contributed by atoms with E-state index in [-0.39, 0.29) is 18.8 Å². The molecule has 0 bridgehead atoms. The summed E-state index contributed by atoms with van der Waals surface area (Å²) in [6, 6.07) is 8.69. The number of hydrogen-bond donors (Lipinski definition) is 3. The second kappa shape index (κ2) is 9.55. The Morgan fingerprint density at radius 3 is 2.41 bits per heavy atom. The number of rotatable bonds is 11.